The third kappa shape index (κ3) is 4.47. The lowest BCUT2D eigenvalue weighted by Gasteiger charge is -2.12. The van der Waals surface area contributed by atoms with Crippen LogP contribution in [0, 0.1) is 13.8 Å². The summed E-state index contributed by atoms with van der Waals surface area (Å²) in [6.45, 7) is 3.59. The summed E-state index contributed by atoms with van der Waals surface area (Å²) in [6, 6.07) is 9.56. The molecule has 0 aliphatic heterocycles. The number of rotatable bonds is 5. The van der Waals surface area contributed by atoms with E-state index in [4.69, 9.17) is 21.4 Å². The molecule has 0 bridgehead atoms. The van der Waals surface area contributed by atoms with Crippen LogP contribution in [0.3, 0.4) is 0 Å². The van der Waals surface area contributed by atoms with Crippen LogP contribution in [-0.4, -0.2) is 23.6 Å². The van der Waals surface area contributed by atoms with Crippen molar-refractivity contribution in [3.8, 4) is 5.75 Å². The van der Waals surface area contributed by atoms with Crippen LogP contribution in [0.2, 0.25) is 5.02 Å². The van der Waals surface area contributed by atoms with Gasteiger partial charge in [-0.25, -0.2) is 4.79 Å². The van der Waals surface area contributed by atoms with Gasteiger partial charge in [0.15, 0.2) is 6.61 Å². The van der Waals surface area contributed by atoms with Crippen LogP contribution in [0.4, 0.5) is 5.69 Å². The van der Waals surface area contributed by atoms with Gasteiger partial charge in [0.25, 0.3) is 5.91 Å². The van der Waals surface area contributed by atoms with E-state index >= 15 is 0 Å². The lowest BCUT2D eigenvalue weighted by molar-refractivity contribution is -0.118. The highest BCUT2D eigenvalue weighted by Crippen LogP contribution is 2.29. The normalized spacial score (nSPS) is 10.2. The predicted molar refractivity (Wildman–Crippen MR) is 88.5 cm³/mol. The third-order valence-corrected chi connectivity index (χ3v) is 3.42. The van der Waals surface area contributed by atoms with Crippen molar-refractivity contribution in [2.45, 2.75) is 13.8 Å². The number of halogens is 1. The second-order valence-corrected chi connectivity index (χ2v) is 5.52. The number of hydrogen-bond acceptors (Lipinski definition) is 3. The molecule has 0 saturated heterocycles. The summed E-state index contributed by atoms with van der Waals surface area (Å²) >= 11 is 6.11. The fourth-order valence-corrected chi connectivity index (χ4v) is 2.49. The van der Waals surface area contributed by atoms with Crippen molar-refractivity contribution in [2.75, 3.05) is 11.9 Å². The molecule has 120 valence electrons. The van der Waals surface area contributed by atoms with E-state index in [1.165, 1.54) is 24.3 Å². The Morgan fingerprint density at radius 1 is 1.17 bits per heavy atom. The topological polar surface area (TPSA) is 75.6 Å². The molecule has 0 radical (unpaired) electrons. The average molecular weight is 334 g/mol. The molecule has 0 heterocycles. The van der Waals surface area contributed by atoms with Crippen LogP contribution in [0.1, 0.15) is 21.5 Å². The Labute approximate surface area is 138 Å². The van der Waals surface area contributed by atoms with E-state index in [0.29, 0.717) is 16.5 Å². The van der Waals surface area contributed by atoms with Crippen molar-refractivity contribution in [2.24, 2.45) is 0 Å². The highest BCUT2D eigenvalue weighted by molar-refractivity contribution is 6.32. The van der Waals surface area contributed by atoms with Crippen molar-refractivity contribution in [1.29, 1.82) is 0 Å². The number of carbonyl (C=O) groups is 2. The quantitative estimate of drug-likeness (QED) is 0.875. The lowest BCUT2D eigenvalue weighted by Crippen LogP contribution is -2.20. The van der Waals surface area contributed by atoms with E-state index < -0.39 is 5.97 Å². The fourth-order valence-electron chi connectivity index (χ4n) is 2.12. The second kappa shape index (κ2) is 7.15. The Morgan fingerprint density at radius 3 is 2.39 bits per heavy atom. The molecule has 0 aliphatic rings. The molecule has 0 unspecified atom stereocenters. The summed E-state index contributed by atoms with van der Waals surface area (Å²) in [5.74, 6) is -0.895. The van der Waals surface area contributed by atoms with Crippen LogP contribution in [0.5, 0.6) is 5.75 Å². The molecule has 2 rings (SSSR count). The highest BCUT2D eigenvalue weighted by Gasteiger charge is 2.10. The van der Waals surface area contributed by atoms with Crippen LogP contribution >= 0.6 is 11.6 Å². The minimum Gasteiger partial charge on any atom is -0.482 e. The first-order chi connectivity index (χ1) is 10.9. The molecule has 0 aliphatic carbocycles. The summed E-state index contributed by atoms with van der Waals surface area (Å²) in [5.41, 5.74) is 2.52. The maximum absolute atomic E-state index is 11.9. The Hall–Kier alpha value is -2.53. The van der Waals surface area contributed by atoms with Gasteiger partial charge < -0.3 is 15.2 Å². The Kier molecular flexibility index (Phi) is 5.24. The molecule has 2 aromatic rings. The number of carboxylic acid groups (broad SMARTS) is 1. The van der Waals surface area contributed by atoms with Gasteiger partial charge in [-0.3, -0.25) is 4.79 Å². The summed E-state index contributed by atoms with van der Waals surface area (Å²) < 4.78 is 5.48. The zero-order chi connectivity index (χ0) is 17.0. The zero-order valence-electron chi connectivity index (χ0n) is 12.7. The van der Waals surface area contributed by atoms with E-state index in [2.05, 4.69) is 5.32 Å². The second-order valence-electron chi connectivity index (χ2n) is 5.11. The fraction of sp³-hybridized carbons (Fsp3) is 0.176. The van der Waals surface area contributed by atoms with Crippen molar-refractivity contribution in [3.05, 3.63) is 58.1 Å². The average Bonchev–Trinajstić information content (AvgIpc) is 2.46. The number of nitrogens with one attached hydrogen (secondary N) is 1. The van der Waals surface area contributed by atoms with E-state index in [9.17, 15) is 9.59 Å². The maximum Gasteiger partial charge on any atom is 0.335 e. The molecule has 2 N–H and O–H groups in total. The van der Waals surface area contributed by atoms with Crippen molar-refractivity contribution < 1.29 is 19.4 Å². The molecule has 2 aromatic carbocycles. The number of carbonyl (C=O) groups excluding carboxylic acids is 1. The Morgan fingerprint density at radius 2 is 1.83 bits per heavy atom. The summed E-state index contributed by atoms with van der Waals surface area (Å²) in [5, 5.41) is 11.9. The highest BCUT2D eigenvalue weighted by atomic mass is 35.5. The van der Waals surface area contributed by atoms with Gasteiger partial charge in [0.1, 0.15) is 5.75 Å². The third-order valence-electron chi connectivity index (χ3n) is 3.14. The number of amides is 1. The van der Waals surface area contributed by atoms with Gasteiger partial charge >= 0.3 is 5.97 Å². The van der Waals surface area contributed by atoms with E-state index in [1.54, 1.807) is 6.07 Å². The molecule has 23 heavy (non-hydrogen) atoms. The Balaban J connectivity index is 1.96. The van der Waals surface area contributed by atoms with Crippen LogP contribution < -0.4 is 10.1 Å². The molecule has 6 heteroatoms. The van der Waals surface area contributed by atoms with Crippen molar-refractivity contribution >= 4 is 29.2 Å². The van der Waals surface area contributed by atoms with Gasteiger partial charge in [0.05, 0.1) is 10.6 Å². The van der Waals surface area contributed by atoms with Crippen molar-refractivity contribution in [3.63, 3.8) is 0 Å². The molecule has 1 amide bonds. The predicted octanol–water partition coefficient (Wildman–Crippen LogP) is 3.67. The molecule has 0 spiro atoms. The number of aryl methyl sites for hydroxylation is 2. The SMILES string of the molecule is Cc1cc(C)c(OCC(=O)Nc2ccc(C(=O)O)cc2)c(Cl)c1. The largest absolute Gasteiger partial charge is 0.482 e. The molecular formula is C17H16ClNO4. The van der Waals surface area contributed by atoms with E-state index in [0.717, 1.165) is 11.1 Å². The minimum atomic E-state index is -1.02. The zero-order valence-corrected chi connectivity index (χ0v) is 13.5. The number of hydrogen-bond donors (Lipinski definition) is 2. The molecule has 0 aromatic heterocycles. The maximum atomic E-state index is 11.9. The number of aromatic carboxylic acids is 1. The monoisotopic (exact) mass is 333 g/mol. The number of anilines is 1. The minimum absolute atomic E-state index is 0.154. The molecule has 0 fully saturated rings. The smallest absolute Gasteiger partial charge is 0.335 e. The molecule has 0 atom stereocenters. The lowest BCUT2D eigenvalue weighted by atomic mass is 10.1. The van der Waals surface area contributed by atoms with Gasteiger partial charge in [0, 0.05) is 5.69 Å². The van der Waals surface area contributed by atoms with Crippen molar-refractivity contribution in [1.82, 2.24) is 0 Å². The van der Waals surface area contributed by atoms with Gasteiger partial charge in [0.2, 0.25) is 0 Å². The summed E-state index contributed by atoms with van der Waals surface area (Å²) in [7, 11) is 0. The van der Waals surface area contributed by atoms with Gasteiger partial charge in [-0.1, -0.05) is 17.7 Å². The van der Waals surface area contributed by atoms with E-state index in [1.807, 2.05) is 19.9 Å². The summed E-state index contributed by atoms with van der Waals surface area (Å²) in [4.78, 5) is 22.7. The molecule has 5 nitrogen and oxygen atoms in total. The number of carboxylic acids is 1. The van der Waals surface area contributed by atoms with Gasteiger partial charge in [-0.05, 0) is 55.3 Å². The first-order valence-electron chi connectivity index (χ1n) is 6.89. The van der Waals surface area contributed by atoms with Crippen LogP contribution in [0.15, 0.2) is 36.4 Å². The van der Waals surface area contributed by atoms with Gasteiger partial charge in [-0.15, -0.1) is 0 Å². The van der Waals surface area contributed by atoms with Gasteiger partial charge in [-0.2, -0.15) is 0 Å². The Bertz CT molecular complexity index is 718. The summed E-state index contributed by atoms with van der Waals surface area (Å²) in [6.07, 6.45) is 0. The van der Waals surface area contributed by atoms with Crippen LogP contribution in [0.25, 0.3) is 0 Å². The number of benzene rings is 2. The van der Waals surface area contributed by atoms with E-state index in [-0.39, 0.29) is 18.1 Å². The number of ether oxygens (including phenoxy) is 1. The first-order valence-corrected chi connectivity index (χ1v) is 7.27. The molecule has 0 saturated carbocycles. The first kappa shape index (κ1) is 16.8. The molecular weight excluding hydrogens is 318 g/mol. The van der Waals surface area contributed by atoms with Crippen LogP contribution in [-0.2, 0) is 4.79 Å². The standard InChI is InChI=1S/C17H16ClNO4/c1-10-7-11(2)16(14(18)8-10)23-9-15(20)19-13-5-3-12(4-6-13)17(21)22/h3-8H,9H2,1-2H3,(H,19,20)(H,21,22).